The second-order valence-corrected chi connectivity index (χ2v) is 8.79. The summed E-state index contributed by atoms with van der Waals surface area (Å²) in [4.78, 5) is 26.9. The van der Waals surface area contributed by atoms with Gasteiger partial charge in [-0.05, 0) is 65.6 Å². The van der Waals surface area contributed by atoms with Crippen LogP contribution >= 0.6 is 27.3 Å². The van der Waals surface area contributed by atoms with E-state index in [9.17, 15) is 14.7 Å². The largest absolute Gasteiger partial charge is 0.480 e. The van der Waals surface area contributed by atoms with Crippen molar-refractivity contribution in [1.29, 1.82) is 0 Å². The standard InChI is InChI=1S/C16H20BrNO3S/c17-13-8-7-11(22-13)4-2-6-14(19)18-9-10-3-1-5-12(10)15(18)16(20)21/h7-8,10,12,15H,1-6,9H2,(H,20,21). The Bertz CT molecular complexity index is 573. The monoisotopic (exact) mass is 385 g/mol. The number of fused-ring (bicyclic) bond motifs is 1. The summed E-state index contributed by atoms with van der Waals surface area (Å²) in [5.41, 5.74) is 0. The minimum absolute atomic E-state index is 0.0115. The van der Waals surface area contributed by atoms with E-state index in [4.69, 9.17) is 0 Å². The molecule has 3 rings (SSSR count). The maximum Gasteiger partial charge on any atom is 0.326 e. The van der Waals surface area contributed by atoms with Crippen LogP contribution in [0.3, 0.4) is 0 Å². The van der Waals surface area contributed by atoms with Crippen LogP contribution in [0.2, 0.25) is 0 Å². The molecule has 2 fully saturated rings. The summed E-state index contributed by atoms with van der Waals surface area (Å²) in [5.74, 6) is -0.240. The molecule has 1 saturated carbocycles. The Morgan fingerprint density at radius 3 is 2.86 bits per heavy atom. The highest BCUT2D eigenvalue weighted by atomic mass is 79.9. The molecule has 1 aromatic heterocycles. The molecular formula is C16H20BrNO3S. The van der Waals surface area contributed by atoms with Crippen LogP contribution in [0.1, 0.15) is 37.0 Å². The van der Waals surface area contributed by atoms with Crippen LogP contribution in [0.15, 0.2) is 15.9 Å². The maximum absolute atomic E-state index is 12.4. The van der Waals surface area contributed by atoms with Crippen molar-refractivity contribution in [3.8, 4) is 0 Å². The number of likely N-dealkylation sites (tertiary alicyclic amines) is 1. The first-order valence-electron chi connectivity index (χ1n) is 7.82. The number of hydrogen-bond donors (Lipinski definition) is 1. The molecule has 2 aliphatic rings. The molecule has 1 amide bonds. The molecule has 1 aromatic rings. The van der Waals surface area contributed by atoms with Crippen LogP contribution in [0.25, 0.3) is 0 Å². The zero-order chi connectivity index (χ0) is 15.7. The Balaban J connectivity index is 1.56. The Morgan fingerprint density at radius 2 is 2.18 bits per heavy atom. The van der Waals surface area contributed by atoms with Gasteiger partial charge in [-0.1, -0.05) is 6.42 Å². The molecule has 22 heavy (non-hydrogen) atoms. The van der Waals surface area contributed by atoms with Crippen molar-refractivity contribution < 1.29 is 14.7 Å². The summed E-state index contributed by atoms with van der Waals surface area (Å²) in [6, 6.07) is 3.50. The Kier molecular flexibility index (Phi) is 4.88. The molecule has 0 spiro atoms. The van der Waals surface area contributed by atoms with Gasteiger partial charge < -0.3 is 10.0 Å². The minimum Gasteiger partial charge on any atom is -0.480 e. The lowest BCUT2D eigenvalue weighted by molar-refractivity contribution is -0.149. The maximum atomic E-state index is 12.4. The van der Waals surface area contributed by atoms with Gasteiger partial charge in [-0.25, -0.2) is 4.79 Å². The third kappa shape index (κ3) is 3.23. The first-order chi connectivity index (χ1) is 10.6. The van der Waals surface area contributed by atoms with Gasteiger partial charge in [0, 0.05) is 17.8 Å². The number of nitrogens with zero attached hydrogens (tertiary/aromatic N) is 1. The van der Waals surface area contributed by atoms with E-state index in [1.165, 1.54) is 4.88 Å². The first-order valence-corrected chi connectivity index (χ1v) is 9.43. The summed E-state index contributed by atoms with van der Waals surface area (Å²) in [6.07, 6.45) is 5.23. The van der Waals surface area contributed by atoms with Crippen LogP contribution in [-0.2, 0) is 16.0 Å². The minimum atomic E-state index is -0.829. The molecule has 1 aliphatic heterocycles. The fourth-order valence-corrected chi connectivity index (χ4v) is 5.45. The van der Waals surface area contributed by atoms with Crippen LogP contribution in [0, 0.1) is 11.8 Å². The van der Waals surface area contributed by atoms with E-state index in [0.717, 1.165) is 35.9 Å². The molecule has 2 heterocycles. The van der Waals surface area contributed by atoms with Gasteiger partial charge in [-0.15, -0.1) is 11.3 Å². The zero-order valence-electron chi connectivity index (χ0n) is 12.3. The molecule has 1 saturated heterocycles. The third-order valence-electron chi connectivity index (χ3n) is 4.91. The summed E-state index contributed by atoms with van der Waals surface area (Å²) in [5, 5.41) is 9.49. The number of aryl methyl sites for hydroxylation is 1. The topological polar surface area (TPSA) is 57.6 Å². The average molecular weight is 386 g/mol. The number of carboxylic acids is 1. The van der Waals surface area contributed by atoms with Gasteiger partial charge in [-0.2, -0.15) is 0 Å². The molecule has 1 N–H and O–H groups in total. The van der Waals surface area contributed by atoms with Crippen molar-refractivity contribution >= 4 is 39.1 Å². The van der Waals surface area contributed by atoms with Crippen LogP contribution in [0.5, 0.6) is 0 Å². The smallest absolute Gasteiger partial charge is 0.326 e. The molecule has 3 unspecified atom stereocenters. The van der Waals surface area contributed by atoms with Crippen molar-refractivity contribution in [2.45, 2.75) is 44.6 Å². The lowest BCUT2D eigenvalue weighted by Gasteiger charge is -2.24. The van der Waals surface area contributed by atoms with Gasteiger partial charge in [0.25, 0.3) is 0 Å². The van der Waals surface area contributed by atoms with Crippen molar-refractivity contribution in [2.24, 2.45) is 11.8 Å². The van der Waals surface area contributed by atoms with Gasteiger partial charge in [0.15, 0.2) is 0 Å². The molecular weight excluding hydrogens is 366 g/mol. The number of carboxylic acid groups (broad SMARTS) is 1. The fourth-order valence-electron chi connectivity index (χ4n) is 3.92. The Hall–Kier alpha value is -0.880. The lowest BCUT2D eigenvalue weighted by atomic mass is 9.94. The van der Waals surface area contributed by atoms with E-state index in [-0.39, 0.29) is 11.8 Å². The number of carbonyl (C=O) groups excluding carboxylic acids is 1. The quantitative estimate of drug-likeness (QED) is 0.842. The molecule has 0 aromatic carbocycles. The number of thiophene rings is 1. The van der Waals surface area contributed by atoms with E-state index in [1.807, 2.05) is 6.07 Å². The van der Waals surface area contributed by atoms with E-state index in [1.54, 1.807) is 16.2 Å². The van der Waals surface area contributed by atoms with E-state index in [0.29, 0.717) is 18.9 Å². The molecule has 0 bridgehead atoms. The third-order valence-corrected chi connectivity index (χ3v) is 6.59. The Morgan fingerprint density at radius 1 is 1.36 bits per heavy atom. The highest BCUT2D eigenvalue weighted by Crippen LogP contribution is 2.42. The van der Waals surface area contributed by atoms with Crippen molar-refractivity contribution in [3.05, 3.63) is 20.8 Å². The zero-order valence-corrected chi connectivity index (χ0v) is 14.7. The summed E-state index contributed by atoms with van der Waals surface area (Å²) >= 11 is 5.12. The van der Waals surface area contributed by atoms with Crippen LogP contribution in [-0.4, -0.2) is 34.5 Å². The summed E-state index contributed by atoms with van der Waals surface area (Å²) < 4.78 is 1.10. The van der Waals surface area contributed by atoms with Crippen molar-refractivity contribution in [3.63, 3.8) is 0 Å². The van der Waals surface area contributed by atoms with Gasteiger partial charge in [-0.3, -0.25) is 4.79 Å². The molecule has 120 valence electrons. The van der Waals surface area contributed by atoms with Gasteiger partial charge in [0.2, 0.25) is 5.91 Å². The van der Waals surface area contributed by atoms with Gasteiger partial charge in [0.05, 0.1) is 3.79 Å². The predicted molar refractivity (Wildman–Crippen MR) is 88.9 cm³/mol. The van der Waals surface area contributed by atoms with Crippen molar-refractivity contribution in [1.82, 2.24) is 4.90 Å². The molecule has 0 radical (unpaired) electrons. The van der Waals surface area contributed by atoms with Crippen molar-refractivity contribution in [2.75, 3.05) is 6.54 Å². The van der Waals surface area contributed by atoms with E-state index >= 15 is 0 Å². The molecule has 4 nitrogen and oxygen atoms in total. The lowest BCUT2D eigenvalue weighted by Crippen LogP contribution is -2.43. The van der Waals surface area contributed by atoms with E-state index in [2.05, 4.69) is 22.0 Å². The highest BCUT2D eigenvalue weighted by Gasteiger charge is 2.49. The molecule has 1 aliphatic carbocycles. The highest BCUT2D eigenvalue weighted by molar-refractivity contribution is 9.11. The molecule has 6 heteroatoms. The fraction of sp³-hybridized carbons (Fsp3) is 0.625. The second-order valence-electron chi connectivity index (χ2n) is 6.24. The van der Waals surface area contributed by atoms with Gasteiger partial charge in [0.1, 0.15) is 6.04 Å². The number of rotatable bonds is 5. The summed E-state index contributed by atoms with van der Waals surface area (Å²) in [7, 11) is 0. The summed E-state index contributed by atoms with van der Waals surface area (Å²) in [6.45, 7) is 0.644. The normalized spacial score (nSPS) is 27.1. The second kappa shape index (κ2) is 6.71. The SMILES string of the molecule is O=C(O)C1C2CCCC2CN1C(=O)CCCc1ccc(Br)s1. The Labute approximate surface area is 142 Å². The van der Waals surface area contributed by atoms with Gasteiger partial charge >= 0.3 is 5.97 Å². The molecule has 3 atom stereocenters. The van der Waals surface area contributed by atoms with Crippen LogP contribution < -0.4 is 0 Å². The first kappa shape index (κ1) is 16.0. The predicted octanol–water partition coefficient (Wildman–Crippen LogP) is 3.55. The average Bonchev–Trinajstić information content (AvgIpc) is 3.12. The van der Waals surface area contributed by atoms with E-state index < -0.39 is 12.0 Å². The van der Waals surface area contributed by atoms with Crippen LogP contribution in [0.4, 0.5) is 0 Å². The number of amides is 1. The number of hydrogen-bond acceptors (Lipinski definition) is 3. The number of aliphatic carboxylic acids is 1. The number of carbonyl (C=O) groups is 2. The number of halogens is 1.